The molecule has 2 saturated heterocycles. The number of Topliss-reactive ketones (excluding diaryl/α,β-unsaturated/α-hetero) is 1. The summed E-state index contributed by atoms with van der Waals surface area (Å²) >= 11 is 0. The molecule has 3 rings (SSSR count). The molecule has 3 heteroatoms. The fraction of sp³-hybridized carbons (Fsp3) is 0.600. The molecule has 2 aliphatic heterocycles. The maximum Gasteiger partial charge on any atom is 0.164 e. The molecule has 0 aromatic carbocycles. The van der Waals surface area contributed by atoms with E-state index >= 15 is 0 Å². The van der Waals surface area contributed by atoms with Crippen LogP contribution in [0.4, 0.5) is 0 Å². The molecule has 0 spiro atoms. The second-order valence-electron chi connectivity index (χ2n) is 5.79. The summed E-state index contributed by atoms with van der Waals surface area (Å²) in [5.41, 5.74) is 1.86. The largest absolute Gasteiger partial charge is 0.311 e. The normalized spacial score (nSPS) is 30.4. The van der Waals surface area contributed by atoms with E-state index in [0.29, 0.717) is 24.4 Å². The summed E-state index contributed by atoms with van der Waals surface area (Å²) in [6.07, 6.45) is 9.08. The minimum absolute atomic E-state index is 0.270. The van der Waals surface area contributed by atoms with Crippen molar-refractivity contribution in [2.24, 2.45) is 5.92 Å². The molecular weight excluding hydrogens is 224 g/mol. The third kappa shape index (κ3) is 2.32. The zero-order valence-electron chi connectivity index (χ0n) is 10.9. The first kappa shape index (κ1) is 11.8. The molecule has 2 fully saturated rings. The van der Waals surface area contributed by atoms with E-state index in [2.05, 4.69) is 10.3 Å². The number of ketones is 1. The van der Waals surface area contributed by atoms with Gasteiger partial charge in [-0.05, 0) is 50.2 Å². The lowest BCUT2D eigenvalue weighted by Crippen LogP contribution is -2.38. The number of nitrogens with one attached hydrogen (secondary N) is 1. The van der Waals surface area contributed by atoms with Gasteiger partial charge in [0.05, 0.1) is 0 Å². The van der Waals surface area contributed by atoms with Crippen LogP contribution in [-0.2, 0) is 0 Å². The van der Waals surface area contributed by atoms with E-state index in [0.717, 1.165) is 11.1 Å². The Kier molecular flexibility index (Phi) is 3.16. The highest BCUT2D eigenvalue weighted by atomic mass is 16.1. The van der Waals surface area contributed by atoms with Crippen LogP contribution in [0.15, 0.2) is 18.5 Å². The van der Waals surface area contributed by atoms with Gasteiger partial charge in [0.15, 0.2) is 5.78 Å². The number of aromatic nitrogens is 1. The molecule has 0 radical (unpaired) electrons. The fourth-order valence-electron chi connectivity index (χ4n) is 3.47. The number of nitrogens with zero attached hydrogens (tertiary/aromatic N) is 1. The minimum atomic E-state index is 0.270. The predicted octanol–water partition coefficient (Wildman–Crippen LogP) is 2.49. The Morgan fingerprint density at radius 1 is 1.39 bits per heavy atom. The smallest absolute Gasteiger partial charge is 0.164 e. The van der Waals surface area contributed by atoms with Crippen LogP contribution in [0, 0.1) is 12.8 Å². The first-order chi connectivity index (χ1) is 8.72. The Morgan fingerprint density at radius 2 is 2.11 bits per heavy atom. The maximum absolute atomic E-state index is 12.3. The summed E-state index contributed by atoms with van der Waals surface area (Å²) in [4.78, 5) is 16.4. The van der Waals surface area contributed by atoms with Crippen LogP contribution in [0.5, 0.6) is 0 Å². The maximum atomic E-state index is 12.3. The zero-order valence-corrected chi connectivity index (χ0v) is 10.9. The molecule has 3 nitrogen and oxygen atoms in total. The Morgan fingerprint density at radius 3 is 2.78 bits per heavy atom. The van der Waals surface area contributed by atoms with Gasteiger partial charge in [0.25, 0.3) is 0 Å². The standard InChI is InChI=1S/C15H20N2O/c1-10-4-5-16-9-14(10)15(18)8-11-6-12-2-3-13(7-11)17-12/h4-5,9,11-13,17H,2-3,6-8H2,1H3. The molecule has 0 amide bonds. The highest BCUT2D eigenvalue weighted by molar-refractivity contribution is 5.97. The van der Waals surface area contributed by atoms with Gasteiger partial charge in [-0.2, -0.15) is 0 Å². The van der Waals surface area contributed by atoms with Crippen LogP contribution < -0.4 is 5.32 Å². The van der Waals surface area contributed by atoms with Gasteiger partial charge in [-0.3, -0.25) is 9.78 Å². The van der Waals surface area contributed by atoms with Gasteiger partial charge < -0.3 is 5.32 Å². The number of pyridine rings is 1. The Hall–Kier alpha value is -1.22. The van der Waals surface area contributed by atoms with Gasteiger partial charge >= 0.3 is 0 Å². The van der Waals surface area contributed by atoms with Gasteiger partial charge in [0.1, 0.15) is 0 Å². The van der Waals surface area contributed by atoms with E-state index in [9.17, 15) is 4.79 Å². The minimum Gasteiger partial charge on any atom is -0.311 e. The number of fused-ring (bicyclic) bond motifs is 2. The molecule has 1 aromatic rings. The second kappa shape index (κ2) is 4.81. The molecular formula is C15H20N2O. The van der Waals surface area contributed by atoms with E-state index < -0.39 is 0 Å². The number of hydrogen-bond donors (Lipinski definition) is 1. The number of carbonyl (C=O) groups is 1. The second-order valence-corrected chi connectivity index (χ2v) is 5.79. The number of carbonyl (C=O) groups excluding carboxylic acids is 1. The van der Waals surface area contributed by atoms with Gasteiger partial charge in [0, 0.05) is 36.5 Å². The lowest BCUT2D eigenvalue weighted by molar-refractivity contribution is 0.0944. The van der Waals surface area contributed by atoms with Crippen molar-refractivity contribution in [2.45, 2.75) is 51.1 Å². The molecule has 1 aromatic heterocycles. The van der Waals surface area contributed by atoms with E-state index in [-0.39, 0.29) is 5.78 Å². The van der Waals surface area contributed by atoms with Crippen molar-refractivity contribution in [1.29, 1.82) is 0 Å². The first-order valence-electron chi connectivity index (χ1n) is 6.92. The van der Waals surface area contributed by atoms with Crippen LogP contribution in [-0.4, -0.2) is 22.9 Å². The highest BCUT2D eigenvalue weighted by Gasteiger charge is 2.34. The van der Waals surface area contributed by atoms with Crippen molar-refractivity contribution in [1.82, 2.24) is 10.3 Å². The zero-order chi connectivity index (χ0) is 12.5. The molecule has 2 atom stereocenters. The van der Waals surface area contributed by atoms with Gasteiger partial charge in [-0.15, -0.1) is 0 Å². The van der Waals surface area contributed by atoms with Crippen molar-refractivity contribution >= 4 is 5.78 Å². The SMILES string of the molecule is Cc1ccncc1C(=O)CC1CC2CCC(C1)N2. The summed E-state index contributed by atoms with van der Waals surface area (Å²) in [5.74, 6) is 0.836. The Labute approximate surface area is 108 Å². The van der Waals surface area contributed by atoms with Crippen molar-refractivity contribution in [3.8, 4) is 0 Å². The summed E-state index contributed by atoms with van der Waals surface area (Å²) in [7, 11) is 0. The van der Waals surface area contributed by atoms with Crippen LogP contribution in [0.1, 0.15) is 48.0 Å². The molecule has 3 heterocycles. The van der Waals surface area contributed by atoms with Gasteiger partial charge in [-0.1, -0.05) is 0 Å². The molecule has 96 valence electrons. The van der Waals surface area contributed by atoms with Crippen LogP contribution >= 0.6 is 0 Å². The predicted molar refractivity (Wildman–Crippen MR) is 70.6 cm³/mol. The monoisotopic (exact) mass is 244 g/mol. The molecule has 2 unspecified atom stereocenters. The average molecular weight is 244 g/mol. The Bertz CT molecular complexity index is 446. The van der Waals surface area contributed by atoms with E-state index in [1.165, 1.54) is 25.7 Å². The van der Waals surface area contributed by atoms with Crippen LogP contribution in [0.25, 0.3) is 0 Å². The van der Waals surface area contributed by atoms with Gasteiger partial charge in [-0.25, -0.2) is 0 Å². The quantitative estimate of drug-likeness (QED) is 0.831. The van der Waals surface area contributed by atoms with Crippen molar-refractivity contribution in [3.05, 3.63) is 29.6 Å². The lowest BCUT2D eigenvalue weighted by Gasteiger charge is -2.28. The fourth-order valence-corrected chi connectivity index (χ4v) is 3.47. The third-order valence-corrected chi connectivity index (χ3v) is 4.38. The van der Waals surface area contributed by atoms with E-state index in [4.69, 9.17) is 0 Å². The summed E-state index contributed by atoms with van der Waals surface area (Å²) in [5, 5.41) is 3.62. The van der Waals surface area contributed by atoms with Gasteiger partial charge in [0.2, 0.25) is 0 Å². The summed E-state index contributed by atoms with van der Waals surface area (Å²) < 4.78 is 0. The number of hydrogen-bond acceptors (Lipinski definition) is 3. The van der Waals surface area contributed by atoms with Crippen molar-refractivity contribution in [2.75, 3.05) is 0 Å². The molecule has 2 aliphatic rings. The highest BCUT2D eigenvalue weighted by Crippen LogP contribution is 2.33. The van der Waals surface area contributed by atoms with E-state index in [1.807, 2.05) is 13.0 Å². The van der Waals surface area contributed by atoms with Crippen LogP contribution in [0.3, 0.4) is 0 Å². The molecule has 2 bridgehead atoms. The molecule has 18 heavy (non-hydrogen) atoms. The summed E-state index contributed by atoms with van der Waals surface area (Å²) in [6, 6.07) is 3.24. The topological polar surface area (TPSA) is 42.0 Å². The average Bonchev–Trinajstić information content (AvgIpc) is 2.69. The number of piperidine rings is 1. The lowest BCUT2D eigenvalue weighted by atomic mass is 9.86. The molecule has 1 N–H and O–H groups in total. The van der Waals surface area contributed by atoms with Crippen LogP contribution in [0.2, 0.25) is 0 Å². The van der Waals surface area contributed by atoms with E-state index in [1.54, 1.807) is 12.4 Å². The van der Waals surface area contributed by atoms with Crippen molar-refractivity contribution < 1.29 is 4.79 Å². The third-order valence-electron chi connectivity index (χ3n) is 4.38. The Balaban J connectivity index is 1.66. The van der Waals surface area contributed by atoms with Crippen molar-refractivity contribution in [3.63, 3.8) is 0 Å². The molecule has 0 aliphatic carbocycles. The summed E-state index contributed by atoms with van der Waals surface area (Å²) in [6.45, 7) is 1.99. The number of rotatable bonds is 3. The number of aryl methyl sites for hydroxylation is 1. The molecule has 0 saturated carbocycles. The first-order valence-corrected chi connectivity index (χ1v) is 6.92.